The van der Waals surface area contributed by atoms with Crippen LogP contribution >= 0.6 is 0 Å². The predicted octanol–water partition coefficient (Wildman–Crippen LogP) is 2.39. The molecule has 5 heteroatoms. The van der Waals surface area contributed by atoms with Gasteiger partial charge in [-0.2, -0.15) is 0 Å². The third-order valence-electron chi connectivity index (χ3n) is 3.95. The summed E-state index contributed by atoms with van der Waals surface area (Å²) in [7, 11) is 0. The molecule has 1 amide bonds. The lowest BCUT2D eigenvalue weighted by molar-refractivity contribution is -0.118. The van der Waals surface area contributed by atoms with Crippen LogP contribution in [0.4, 0.5) is 10.1 Å². The van der Waals surface area contributed by atoms with Crippen LogP contribution in [0.3, 0.4) is 0 Å². The summed E-state index contributed by atoms with van der Waals surface area (Å²) < 4.78 is 12.8. The molecular formula is C16H23FN2O2. The summed E-state index contributed by atoms with van der Waals surface area (Å²) in [4.78, 5) is 14.2. The second kappa shape index (κ2) is 8.10. The minimum Gasteiger partial charge on any atom is -0.395 e. The van der Waals surface area contributed by atoms with Crippen LogP contribution in [0.1, 0.15) is 32.1 Å². The maximum Gasteiger partial charge on any atom is 0.238 e. The van der Waals surface area contributed by atoms with E-state index in [2.05, 4.69) is 10.2 Å². The minimum absolute atomic E-state index is 0.0559. The predicted molar refractivity (Wildman–Crippen MR) is 80.6 cm³/mol. The molecule has 0 bridgehead atoms. The van der Waals surface area contributed by atoms with Crippen LogP contribution in [-0.2, 0) is 4.79 Å². The quantitative estimate of drug-likeness (QED) is 0.847. The van der Waals surface area contributed by atoms with Gasteiger partial charge in [-0.25, -0.2) is 4.39 Å². The first-order chi connectivity index (χ1) is 10.2. The number of carbonyl (C=O) groups is 1. The van der Waals surface area contributed by atoms with Crippen molar-refractivity contribution in [2.24, 2.45) is 0 Å². The number of nitrogens with one attached hydrogen (secondary N) is 1. The highest BCUT2D eigenvalue weighted by atomic mass is 19.1. The molecule has 2 rings (SSSR count). The Morgan fingerprint density at radius 2 is 1.90 bits per heavy atom. The Morgan fingerprint density at radius 1 is 1.24 bits per heavy atom. The molecule has 1 aromatic carbocycles. The van der Waals surface area contributed by atoms with Gasteiger partial charge in [0, 0.05) is 18.3 Å². The second-order valence-electron chi connectivity index (χ2n) is 5.54. The molecule has 0 radical (unpaired) electrons. The topological polar surface area (TPSA) is 52.6 Å². The lowest BCUT2D eigenvalue weighted by atomic mass is 9.94. The summed E-state index contributed by atoms with van der Waals surface area (Å²) in [5, 5.41) is 12.0. The van der Waals surface area contributed by atoms with Crippen molar-refractivity contribution in [3.8, 4) is 0 Å². The Kier molecular flexibility index (Phi) is 6.14. The summed E-state index contributed by atoms with van der Waals surface area (Å²) in [6.45, 7) is 0.838. The number of aliphatic hydroxyl groups is 1. The van der Waals surface area contributed by atoms with Gasteiger partial charge < -0.3 is 10.4 Å². The van der Waals surface area contributed by atoms with Crippen molar-refractivity contribution in [2.45, 2.75) is 38.1 Å². The monoisotopic (exact) mass is 294 g/mol. The van der Waals surface area contributed by atoms with Gasteiger partial charge in [0.2, 0.25) is 5.91 Å². The van der Waals surface area contributed by atoms with Gasteiger partial charge in [0.25, 0.3) is 0 Å². The number of aliphatic hydroxyl groups excluding tert-OH is 1. The normalized spacial score (nSPS) is 16.1. The first-order valence-corrected chi connectivity index (χ1v) is 7.59. The summed E-state index contributed by atoms with van der Waals surface area (Å²) in [5.41, 5.74) is 0.592. The van der Waals surface area contributed by atoms with E-state index in [0.29, 0.717) is 18.3 Å². The number of amides is 1. The smallest absolute Gasteiger partial charge is 0.238 e. The van der Waals surface area contributed by atoms with Crippen LogP contribution in [0, 0.1) is 5.82 Å². The summed E-state index contributed by atoms with van der Waals surface area (Å²) in [5.74, 6) is -0.447. The van der Waals surface area contributed by atoms with E-state index in [1.807, 2.05) is 0 Å². The largest absolute Gasteiger partial charge is 0.395 e. The van der Waals surface area contributed by atoms with E-state index in [9.17, 15) is 14.3 Å². The SMILES string of the molecule is O=C(CN(CCO)C1CCCCC1)Nc1ccc(F)cc1. The van der Waals surface area contributed by atoms with Crippen molar-refractivity contribution < 1.29 is 14.3 Å². The lowest BCUT2D eigenvalue weighted by Crippen LogP contribution is -2.43. The van der Waals surface area contributed by atoms with E-state index in [1.165, 1.54) is 31.4 Å². The molecule has 0 aromatic heterocycles. The van der Waals surface area contributed by atoms with Gasteiger partial charge in [-0.15, -0.1) is 0 Å². The van der Waals surface area contributed by atoms with Gasteiger partial charge >= 0.3 is 0 Å². The Labute approximate surface area is 125 Å². The average Bonchev–Trinajstić information content (AvgIpc) is 2.50. The van der Waals surface area contributed by atoms with Gasteiger partial charge in [0.15, 0.2) is 0 Å². The zero-order valence-electron chi connectivity index (χ0n) is 12.2. The molecule has 0 aliphatic heterocycles. The molecular weight excluding hydrogens is 271 g/mol. The molecule has 1 aliphatic carbocycles. The van der Waals surface area contributed by atoms with Gasteiger partial charge in [0.1, 0.15) is 5.82 Å². The summed E-state index contributed by atoms with van der Waals surface area (Å²) in [6.07, 6.45) is 5.80. The van der Waals surface area contributed by atoms with E-state index < -0.39 is 0 Å². The first-order valence-electron chi connectivity index (χ1n) is 7.59. The lowest BCUT2D eigenvalue weighted by Gasteiger charge is -2.33. The van der Waals surface area contributed by atoms with E-state index in [4.69, 9.17) is 0 Å². The molecule has 0 saturated heterocycles. The molecule has 1 fully saturated rings. The number of rotatable bonds is 6. The van der Waals surface area contributed by atoms with Crippen molar-refractivity contribution in [3.63, 3.8) is 0 Å². The average molecular weight is 294 g/mol. The second-order valence-corrected chi connectivity index (χ2v) is 5.54. The first kappa shape index (κ1) is 15.9. The van der Waals surface area contributed by atoms with Crippen LogP contribution < -0.4 is 5.32 Å². The number of anilines is 1. The molecule has 0 unspecified atom stereocenters. The number of halogens is 1. The van der Waals surface area contributed by atoms with E-state index in [-0.39, 0.29) is 24.9 Å². The van der Waals surface area contributed by atoms with Gasteiger partial charge in [-0.3, -0.25) is 9.69 Å². The highest BCUT2D eigenvalue weighted by molar-refractivity contribution is 5.92. The molecule has 0 heterocycles. The summed E-state index contributed by atoms with van der Waals surface area (Å²) >= 11 is 0. The zero-order valence-corrected chi connectivity index (χ0v) is 12.2. The van der Waals surface area contributed by atoms with Crippen molar-refractivity contribution in [1.29, 1.82) is 0 Å². The van der Waals surface area contributed by atoms with Crippen molar-refractivity contribution in [3.05, 3.63) is 30.1 Å². The van der Waals surface area contributed by atoms with Gasteiger partial charge in [-0.1, -0.05) is 19.3 Å². The van der Waals surface area contributed by atoms with Crippen LogP contribution in [0.15, 0.2) is 24.3 Å². The number of nitrogens with zero attached hydrogens (tertiary/aromatic N) is 1. The molecule has 21 heavy (non-hydrogen) atoms. The highest BCUT2D eigenvalue weighted by Crippen LogP contribution is 2.22. The standard InChI is InChI=1S/C16H23FN2O2/c17-13-6-8-14(9-7-13)18-16(21)12-19(10-11-20)15-4-2-1-3-5-15/h6-9,15,20H,1-5,10-12H2,(H,18,21). The fraction of sp³-hybridized carbons (Fsp3) is 0.562. The van der Waals surface area contributed by atoms with Gasteiger partial charge in [0.05, 0.1) is 13.2 Å². The molecule has 1 aliphatic rings. The molecule has 2 N–H and O–H groups in total. The zero-order chi connectivity index (χ0) is 15.1. The van der Waals surface area contributed by atoms with E-state index >= 15 is 0 Å². The third kappa shape index (κ3) is 5.10. The van der Waals surface area contributed by atoms with Crippen LogP contribution in [0.5, 0.6) is 0 Å². The number of hydrogen-bond donors (Lipinski definition) is 2. The Bertz CT molecular complexity index is 444. The molecule has 1 aromatic rings. The highest BCUT2D eigenvalue weighted by Gasteiger charge is 2.22. The Morgan fingerprint density at radius 3 is 2.52 bits per heavy atom. The molecule has 0 atom stereocenters. The minimum atomic E-state index is -0.322. The number of benzene rings is 1. The molecule has 4 nitrogen and oxygen atoms in total. The molecule has 0 spiro atoms. The number of hydrogen-bond acceptors (Lipinski definition) is 3. The van der Waals surface area contributed by atoms with Crippen LogP contribution in [0.25, 0.3) is 0 Å². The fourth-order valence-electron chi connectivity index (χ4n) is 2.88. The maximum atomic E-state index is 12.8. The fourth-order valence-corrected chi connectivity index (χ4v) is 2.88. The third-order valence-corrected chi connectivity index (χ3v) is 3.95. The van der Waals surface area contributed by atoms with Gasteiger partial charge in [-0.05, 0) is 37.1 Å². The van der Waals surface area contributed by atoms with Crippen LogP contribution in [-0.4, -0.2) is 41.7 Å². The maximum absolute atomic E-state index is 12.8. The molecule has 116 valence electrons. The van der Waals surface area contributed by atoms with Crippen molar-refractivity contribution in [1.82, 2.24) is 4.90 Å². The van der Waals surface area contributed by atoms with E-state index in [1.54, 1.807) is 12.1 Å². The van der Waals surface area contributed by atoms with E-state index in [0.717, 1.165) is 12.8 Å². The van der Waals surface area contributed by atoms with Crippen molar-refractivity contribution in [2.75, 3.05) is 25.0 Å². The Balaban J connectivity index is 1.89. The Hall–Kier alpha value is -1.46. The molecule has 1 saturated carbocycles. The number of carbonyl (C=O) groups excluding carboxylic acids is 1. The van der Waals surface area contributed by atoms with Crippen LogP contribution in [0.2, 0.25) is 0 Å². The summed E-state index contributed by atoms with van der Waals surface area (Å²) in [6, 6.07) is 6.11. The van der Waals surface area contributed by atoms with Crippen molar-refractivity contribution >= 4 is 11.6 Å².